The summed E-state index contributed by atoms with van der Waals surface area (Å²) in [7, 11) is 3.24. The van der Waals surface area contributed by atoms with Gasteiger partial charge in [-0.2, -0.15) is 5.10 Å². The second-order valence-corrected chi connectivity index (χ2v) is 3.72. The Labute approximate surface area is 95.5 Å². The molecule has 0 aliphatic rings. The van der Waals surface area contributed by atoms with Crippen molar-refractivity contribution in [1.29, 1.82) is 0 Å². The van der Waals surface area contributed by atoms with Crippen molar-refractivity contribution in [2.24, 2.45) is 14.1 Å². The molecular weight excluding hydrogens is 238 g/mol. The topological polar surface area (TPSA) is 35.6 Å². The number of hydrogen-bond acceptors (Lipinski definition) is 2. The molecule has 0 spiro atoms. The first-order valence-electron chi connectivity index (χ1n) is 4.50. The summed E-state index contributed by atoms with van der Waals surface area (Å²) in [5.74, 6) is 0. The fraction of sp³-hybridized carbons (Fsp3) is 0.333. The van der Waals surface area contributed by atoms with Crippen molar-refractivity contribution in [3.8, 4) is 11.4 Å². The molecule has 0 saturated carbocycles. The van der Waals surface area contributed by atoms with E-state index < -0.39 is 6.43 Å². The average molecular weight is 247 g/mol. The van der Waals surface area contributed by atoms with Gasteiger partial charge in [0.15, 0.2) is 0 Å². The van der Waals surface area contributed by atoms with E-state index in [2.05, 4.69) is 10.1 Å². The maximum atomic E-state index is 12.7. The van der Waals surface area contributed by atoms with Crippen LogP contribution in [-0.4, -0.2) is 19.3 Å². The van der Waals surface area contributed by atoms with E-state index in [0.29, 0.717) is 5.69 Å². The zero-order valence-corrected chi connectivity index (χ0v) is 9.41. The molecule has 2 rings (SSSR count). The molecule has 0 atom stereocenters. The van der Waals surface area contributed by atoms with Gasteiger partial charge in [0.05, 0.1) is 17.5 Å². The van der Waals surface area contributed by atoms with E-state index in [9.17, 15) is 8.78 Å². The minimum absolute atomic E-state index is 0.123. The average Bonchev–Trinajstić information content (AvgIpc) is 2.73. The van der Waals surface area contributed by atoms with Crippen LogP contribution in [0.15, 0.2) is 12.4 Å². The maximum Gasteiger partial charge on any atom is 0.267 e. The molecule has 0 N–H and O–H groups in total. The largest absolute Gasteiger partial charge is 0.316 e. The molecular formula is C9H9ClF2N4. The summed E-state index contributed by atoms with van der Waals surface area (Å²) in [6.07, 6.45) is 0.148. The van der Waals surface area contributed by atoms with E-state index in [1.54, 1.807) is 14.1 Å². The monoisotopic (exact) mass is 246 g/mol. The molecule has 0 aliphatic heterocycles. The molecule has 2 heterocycles. The van der Waals surface area contributed by atoms with Crippen molar-refractivity contribution < 1.29 is 8.78 Å². The Hall–Kier alpha value is -1.43. The highest BCUT2D eigenvalue weighted by molar-refractivity contribution is 6.28. The number of rotatable bonds is 2. The van der Waals surface area contributed by atoms with Gasteiger partial charge in [0.2, 0.25) is 5.28 Å². The number of imidazole rings is 1. The van der Waals surface area contributed by atoms with Crippen LogP contribution < -0.4 is 0 Å². The van der Waals surface area contributed by atoms with Crippen LogP contribution in [0.5, 0.6) is 0 Å². The zero-order chi connectivity index (χ0) is 11.9. The van der Waals surface area contributed by atoms with Gasteiger partial charge in [0.1, 0.15) is 5.69 Å². The SMILES string of the molecule is Cn1cc(C(F)F)c(-c2cnc(Cl)n2C)n1. The van der Waals surface area contributed by atoms with Crippen LogP contribution in [-0.2, 0) is 14.1 Å². The Morgan fingerprint density at radius 3 is 2.56 bits per heavy atom. The van der Waals surface area contributed by atoms with Crippen LogP contribution in [0.25, 0.3) is 11.4 Å². The van der Waals surface area contributed by atoms with E-state index in [4.69, 9.17) is 11.6 Å². The molecule has 2 aromatic rings. The third-order valence-corrected chi connectivity index (χ3v) is 2.62. The zero-order valence-electron chi connectivity index (χ0n) is 8.65. The lowest BCUT2D eigenvalue weighted by molar-refractivity contribution is 0.152. The molecule has 0 radical (unpaired) electrons. The normalized spacial score (nSPS) is 11.4. The van der Waals surface area contributed by atoms with Crippen molar-refractivity contribution in [1.82, 2.24) is 19.3 Å². The first-order valence-corrected chi connectivity index (χ1v) is 4.87. The quantitative estimate of drug-likeness (QED) is 0.816. The summed E-state index contributed by atoms with van der Waals surface area (Å²) < 4.78 is 28.4. The van der Waals surface area contributed by atoms with Crippen molar-refractivity contribution in [2.45, 2.75) is 6.43 Å². The molecule has 7 heteroatoms. The highest BCUT2D eigenvalue weighted by Crippen LogP contribution is 2.30. The van der Waals surface area contributed by atoms with E-state index in [1.165, 1.54) is 21.6 Å². The van der Waals surface area contributed by atoms with E-state index >= 15 is 0 Å². The Balaban J connectivity index is 2.59. The van der Waals surface area contributed by atoms with Gasteiger partial charge in [0, 0.05) is 20.3 Å². The summed E-state index contributed by atoms with van der Waals surface area (Å²) in [6.45, 7) is 0. The lowest BCUT2D eigenvalue weighted by Crippen LogP contribution is -1.95. The molecule has 0 fully saturated rings. The third-order valence-electron chi connectivity index (χ3n) is 2.27. The summed E-state index contributed by atoms with van der Waals surface area (Å²) in [6, 6.07) is 0. The lowest BCUT2D eigenvalue weighted by Gasteiger charge is -2.02. The van der Waals surface area contributed by atoms with Crippen molar-refractivity contribution in [3.05, 3.63) is 23.2 Å². The first kappa shape index (κ1) is 11.1. The number of aromatic nitrogens is 4. The molecule has 16 heavy (non-hydrogen) atoms. The smallest absolute Gasteiger partial charge is 0.267 e. The molecule has 0 saturated heterocycles. The van der Waals surface area contributed by atoms with Gasteiger partial charge in [0.25, 0.3) is 6.43 Å². The molecule has 0 bridgehead atoms. The van der Waals surface area contributed by atoms with E-state index in [1.807, 2.05) is 0 Å². The standard InChI is InChI=1S/C9H9ClF2N4/c1-15-4-5(8(11)12)7(14-15)6-3-13-9(10)16(6)2/h3-4,8H,1-2H3. The van der Waals surface area contributed by atoms with Gasteiger partial charge in [-0.25, -0.2) is 13.8 Å². The Morgan fingerprint density at radius 1 is 1.38 bits per heavy atom. The predicted octanol–water partition coefficient (Wildman–Crippen LogP) is 2.41. The third kappa shape index (κ3) is 1.69. The lowest BCUT2D eigenvalue weighted by atomic mass is 10.2. The fourth-order valence-corrected chi connectivity index (χ4v) is 1.61. The maximum absolute atomic E-state index is 12.7. The molecule has 0 unspecified atom stereocenters. The minimum atomic E-state index is -2.57. The molecule has 0 aliphatic carbocycles. The summed E-state index contributed by atoms with van der Waals surface area (Å²) >= 11 is 5.75. The Morgan fingerprint density at radius 2 is 2.06 bits per heavy atom. The van der Waals surface area contributed by atoms with Crippen LogP contribution >= 0.6 is 11.6 Å². The fourth-order valence-electron chi connectivity index (χ4n) is 1.47. The highest BCUT2D eigenvalue weighted by Gasteiger charge is 2.21. The summed E-state index contributed by atoms with van der Waals surface area (Å²) in [5.41, 5.74) is 0.558. The van der Waals surface area contributed by atoms with Gasteiger partial charge >= 0.3 is 0 Å². The van der Waals surface area contributed by atoms with Crippen molar-refractivity contribution in [3.63, 3.8) is 0 Å². The molecule has 4 nitrogen and oxygen atoms in total. The summed E-state index contributed by atoms with van der Waals surface area (Å²) in [5, 5.41) is 4.23. The number of alkyl halides is 2. The number of halogens is 3. The van der Waals surface area contributed by atoms with E-state index in [-0.39, 0.29) is 16.5 Å². The Bertz CT molecular complexity index is 518. The molecule has 2 aromatic heterocycles. The first-order chi connectivity index (χ1) is 7.50. The van der Waals surface area contributed by atoms with Crippen LogP contribution in [0.2, 0.25) is 5.28 Å². The number of aryl methyl sites for hydroxylation is 1. The second kappa shape index (κ2) is 3.86. The van der Waals surface area contributed by atoms with Gasteiger partial charge in [-0.3, -0.25) is 4.68 Å². The predicted molar refractivity (Wildman–Crippen MR) is 55.4 cm³/mol. The number of nitrogens with zero attached hydrogens (tertiary/aromatic N) is 4. The van der Waals surface area contributed by atoms with Crippen LogP contribution in [0, 0.1) is 0 Å². The molecule has 86 valence electrons. The van der Waals surface area contributed by atoms with Gasteiger partial charge in [-0.15, -0.1) is 0 Å². The minimum Gasteiger partial charge on any atom is -0.316 e. The van der Waals surface area contributed by atoms with Crippen LogP contribution in [0.1, 0.15) is 12.0 Å². The summed E-state index contributed by atoms with van der Waals surface area (Å²) in [4.78, 5) is 3.84. The second-order valence-electron chi connectivity index (χ2n) is 3.38. The van der Waals surface area contributed by atoms with Gasteiger partial charge < -0.3 is 4.57 Å². The molecule has 0 amide bonds. The number of hydrogen-bond donors (Lipinski definition) is 0. The van der Waals surface area contributed by atoms with Crippen molar-refractivity contribution in [2.75, 3.05) is 0 Å². The molecule has 0 aromatic carbocycles. The van der Waals surface area contributed by atoms with Gasteiger partial charge in [-0.05, 0) is 11.6 Å². The van der Waals surface area contributed by atoms with Crippen molar-refractivity contribution >= 4 is 11.6 Å². The van der Waals surface area contributed by atoms with Crippen LogP contribution in [0.3, 0.4) is 0 Å². The Kier molecular flexibility index (Phi) is 2.67. The highest BCUT2D eigenvalue weighted by atomic mass is 35.5. The van der Waals surface area contributed by atoms with Gasteiger partial charge in [-0.1, -0.05) is 0 Å². The van der Waals surface area contributed by atoms with Crippen LogP contribution in [0.4, 0.5) is 8.78 Å². The van der Waals surface area contributed by atoms with E-state index in [0.717, 1.165) is 0 Å².